The second-order valence-corrected chi connectivity index (χ2v) is 5.15. The molecular formula is C7H15NO3S. The minimum atomic E-state index is -2.87. The smallest absolute Gasteiger partial charge is 0.148 e. The zero-order valence-electron chi connectivity index (χ0n) is 7.49. The molecule has 0 atom stereocenters. The van der Waals surface area contributed by atoms with Gasteiger partial charge in [-0.05, 0) is 7.05 Å². The number of aldehydes is 1. The molecule has 0 heterocycles. The summed E-state index contributed by atoms with van der Waals surface area (Å²) in [7, 11) is -1.07. The quantitative estimate of drug-likeness (QED) is 0.536. The maximum atomic E-state index is 10.7. The highest BCUT2D eigenvalue weighted by molar-refractivity contribution is 7.90. The van der Waals surface area contributed by atoms with E-state index in [9.17, 15) is 13.2 Å². The van der Waals surface area contributed by atoms with Gasteiger partial charge in [-0.25, -0.2) is 8.42 Å². The van der Waals surface area contributed by atoms with E-state index < -0.39 is 9.84 Å². The van der Waals surface area contributed by atoms with E-state index in [0.717, 1.165) is 6.29 Å². The van der Waals surface area contributed by atoms with Gasteiger partial charge in [0, 0.05) is 25.8 Å². The van der Waals surface area contributed by atoms with Crippen LogP contribution in [0.1, 0.15) is 6.42 Å². The van der Waals surface area contributed by atoms with Crippen LogP contribution in [0.3, 0.4) is 0 Å². The molecule has 4 nitrogen and oxygen atoms in total. The van der Waals surface area contributed by atoms with Crippen molar-refractivity contribution in [1.29, 1.82) is 0 Å². The van der Waals surface area contributed by atoms with E-state index in [4.69, 9.17) is 0 Å². The third-order valence-corrected chi connectivity index (χ3v) is 2.40. The van der Waals surface area contributed by atoms with E-state index in [1.807, 2.05) is 4.90 Å². The van der Waals surface area contributed by atoms with Crippen LogP contribution in [-0.4, -0.2) is 51.7 Å². The van der Waals surface area contributed by atoms with E-state index in [-0.39, 0.29) is 5.75 Å². The first-order valence-electron chi connectivity index (χ1n) is 3.75. The molecule has 0 radical (unpaired) electrons. The largest absolute Gasteiger partial charge is 0.305 e. The fraction of sp³-hybridized carbons (Fsp3) is 0.857. The average Bonchev–Trinajstić information content (AvgIpc) is 1.95. The number of hydrogen-bond acceptors (Lipinski definition) is 4. The van der Waals surface area contributed by atoms with E-state index in [0.29, 0.717) is 19.5 Å². The van der Waals surface area contributed by atoms with Crippen LogP contribution in [-0.2, 0) is 14.6 Å². The molecule has 0 saturated carbocycles. The molecule has 0 aromatic rings. The normalized spacial score (nSPS) is 11.9. The standard InChI is InChI=1S/C7H15NO3S/c1-8(4-3-6-9)5-7-12(2,10)11/h6H,3-5,7H2,1-2H3. The highest BCUT2D eigenvalue weighted by Crippen LogP contribution is 1.88. The first kappa shape index (κ1) is 11.6. The average molecular weight is 193 g/mol. The Labute approximate surface area is 73.5 Å². The van der Waals surface area contributed by atoms with Gasteiger partial charge in [0.15, 0.2) is 0 Å². The summed E-state index contributed by atoms with van der Waals surface area (Å²) in [5.74, 6) is 0.155. The summed E-state index contributed by atoms with van der Waals surface area (Å²) in [5.41, 5.74) is 0. The molecule has 0 aliphatic rings. The zero-order valence-corrected chi connectivity index (χ0v) is 8.30. The zero-order chi connectivity index (χ0) is 9.61. The van der Waals surface area contributed by atoms with E-state index in [1.54, 1.807) is 7.05 Å². The molecule has 0 aromatic carbocycles. The molecule has 0 amide bonds. The number of hydrogen-bond donors (Lipinski definition) is 0. The van der Waals surface area contributed by atoms with Gasteiger partial charge >= 0.3 is 0 Å². The molecule has 72 valence electrons. The first-order chi connectivity index (χ1) is 5.45. The number of rotatable bonds is 6. The topological polar surface area (TPSA) is 54.5 Å². The molecule has 0 unspecified atom stereocenters. The highest BCUT2D eigenvalue weighted by Gasteiger charge is 2.04. The van der Waals surface area contributed by atoms with Crippen molar-refractivity contribution in [1.82, 2.24) is 4.90 Å². The van der Waals surface area contributed by atoms with Crippen molar-refractivity contribution in [3.63, 3.8) is 0 Å². The lowest BCUT2D eigenvalue weighted by Gasteiger charge is -2.13. The van der Waals surface area contributed by atoms with Crippen molar-refractivity contribution in [2.24, 2.45) is 0 Å². The second kappa shape index (κ2) is 5.27. The first-order valence-corrected chi connectivity index (χ1v) is 5.81. The molecule has 0 aromatic heterocycles. The number of sulfone groups is 1. The minimum Gasteiger partial charge on any atom is -0.305 e. The molecule has 5 heteroatoms. The number of nitrogens with zero attached hydrogens (tertiary/aromatic N) is 1. The van der Waals surface area contributed by atoms with Crippen molar-refractivity contribution in [2.45, 2.75) is 6.42 Å². The summed E-state index contributed by atoms with van der Waals surface area (Å²) >= 11 is 0. The molecule has 0 saturated heterocycles. The van der Waals surface area contributed by atoms with Crippen molar-refractivity contribution in [3.8, 4) is 0 Å². The van der Waals surface area contributed by atoms with Gasteiger partial charge in [0.1, 0.15) is 16.1 Å². The SMILES string of the molecule is CN(CCC=O)CCS(C)(=O)=O. The number of carbonyl (C=O) groups is 1. The predicted molar refractivity (Wildman–Crippen MR) is 47.9 cm³/mol. The van der Waals surface area contributed by atoms with Crippen molar-refractivity contribution in [3.05, 3.63) is 0 Å². The molecule has 0 spiro atoms. The molecule has 0 fully saturated rings. The Morgan fingerprint density at radius 1 is 1.33 bits per heavy atom. The van der Waals surface area contributed by atoms with Gasteiger partial charge in [0.05, 0.1) is 5.75 Å². The lowest BCUT2D eigenvalue weighted by atomic mass is 10.4. The summed E-state index contributed by atoms with van der Waals surface area (Å²) in [6.07, 6.45) is 2.50. The third-order valence-electron chi connectivity index (χ3n) is 1.47. The van der Waals surface area contributed by atoms with Gasteiger partial charge in [-0.15, -0.1) is 0 Å². The molecule has 0 bridgehead atoms. The maximum absolute atomic E-state index is 10.7. The van der Waals surface area contributed by atoms with Crippen molar-refractivity contribution in [2.75, 3.05) is 32.1 Å². The summed E-state index contributed by atoms with van der Waals surface area (Å²) < 4.78 is 21.4. The van der Waals surface area contributed by atoms with Crippen LogP contribution in [0.25, 0.3) is 0 Å². The van der Waals surface area contributed by atoms with Crippen LogP contribution < -0.4 is 0 Å². The summed E-state index contributed by atoms with van der Waals surface area (Å²) in [6, 6.07) is 0. The summed E-state index contributed by atoms with van der Waals surface area (Å²) in [4.78, 5) is 11.8. The van der Waals surface area contributed by atoms with Crippen molar-refractivity contribution >= 4 is 16.1 Å². The Morgan fingerprint density at radius 2 is 1.92 bits per heavy atom. The van der Waals surface area contributed by atoms with Crippen LogP contribution in [0.4, 0.5) is 0 Å². The van der Waals surface area contributed by atoms with Crippen LogP contribution >= 0.6 is 0 Å². The van der Waals surface area contributed by atoms with Crippen molar-refractivity contribution < 1.29 is 13.2 Å². The van der Waals surface area contributed by atoms with Crippen LogP contribution in [0.5, 0.6) is 0 Å². The van der Waals surface area contributed by atoms with Gasteiger partial charge in [-0.1, -0.05) is 0 Å². The van der Waals surface area contributed by atoms with E-state index >= 15 is 0 Å². The van der Waals surface area contributed by atoms with Gasteiger partial charge < -0.3 is 9.69 Å². The molecule has 0 aliphatic heterocycles. The fourth-order valence-corrected chi connectivity index (χ4v) is 1.35. The Kier molecular flexibility index (Phi) is 5.08. The fourth-order valence-electron chi connectivity index (χ4n) is 0.707. The Balaban J connectivity index is 3.57. The molecule has 0 rings (SSSR count). The lowest BCUT2D eigenvalue weighted by molar-refractivity contribution is -0.108. The minimum absolute atomic E-state index is 0.155. The van der Waals surface area contributed by atoms with Gasteiger partial charge in [-0.2, -0.15) is 0 Å². The summed E-state index contributed by atoms with van der Waals surface area (Å²) in [6.45, 7) is 1.12. The van der Waals surface area contributed by atoms with Crippen LogP contribution in [0.2, 0.25) is 0 Å². The van der Waals surface area contributed by atoms with Gasteiger partial charge in [0.2, 0.25) is 0 Å². The van der Waals surface area contributed by atoms with E-state index in [1.165, 1.54) is 6.26 Å². The van der Waals surface area contributed by atoms with Gasteiger partial charge in [0.25, 0.3) is 0 Å². The highest BCUT2D eigenvalue weighted by atomic mass is 32.2. The van der Waals surface area contributed by atoms with E-state index in [2.05, 4.69) is 0 Å². The Hall–Kier alpha value is -0.420. The molecule has 0 N–H and O–H groups in total. The molecular weight excluding hydrogens is 178 g/mol. The lowest BCUT2D eigenvalue weighted by Crippen LogP contribution is -2.26. The molecule has 12 heavy (non-hydrogen) atoms. The van der Waals surface area contributed by atoms with Crippen LogP contribution in [0, 0.1) is 0 Å². The maximum Gasteiger partial charge on any atom is 0.148 e. The van der Waals surface area contributed by atoms with Crippen LogP contribution in [0.15, 0.2) is 0 Å². The second-order valence-electron chi connectivity index (χ2n) is 2.89. The monoisotopic (exact) mass is 193 g/mol. The predicted octanol–water partition coefficient (Wildman–Crippen LogP) is -0.448. The summed E-state index contributed by atoms with van der Waals surface area (Å²) in [5, 5.41) is 0. The third kappa shape index (κ3) is 7.68. The Morgan fingerprint density at radius 3 is 2.33 bits per heavy atom. The Bertz CT molecular complexity index is 223. The van der Waals surface area contributed by atoms with Gasteiger partial charge in [-0.3, -0.25) is 0 Å². The molecule has 0 aliphatic carbocycles. The number of carbonyl (C=O) groups excluding carboxylic acids is 1.